The van der Waals surface area contributed by atoms with Crippen molar-refractivity contribution < 1.29 is 23.9 Å². The highest BCUT2D eigenvalue weighted by Gasteiger charge is 2.15. The van der Waals surface area contributed by atoms with Gasteiger partial charge in [0, 0.05) is 32.7 Å². The van der Waals surface area contributed by atoms with E-state index < -0.39 is 29.3 Å². The molecule has 246 valence electrons. The lowest BCUT2D eigenvalue weighted by Gasteiger charge is -2.14. The van der Waals surface area contributed by atoms with Crippen LogP contribution in [0.15, 0.2) is 44.7 Å². The fraction of sp³-hybridized carbons (Fsp3) is 0.667. The maximum atomic E-state index is 13.2. The number of hydrogen-bond acceptors (Lipinski definition) is 9. The van der Waals surface area contributed by atoms with E-state index in [1.165, 1.54) is 18.2 Å². The topological polar surface area (TPSA) is 172 Å². The molecule has 1 rings (SSSR count). The molecule has 0 aromatic carbocycles. The molecule has 0 atom stereocenters. The molecule has 0 saturated heterocycles. The fourth-order valence-electron chi connectivity index (χ4n) is 4.37. The molecule has 44 heavy (non-hydrogen) atoms. The van der Waals surface area contributed by atoms with Crippen LogP contribution >= 0.6 is 0 Å². The van der Waals surface area contributed by atoms with Gasteiger partial charge in [0.15, 0.2) is 0 Å². The number of ether oxygens (including phenoxy) is 2. The zero-order valence-corrected chi connectivity index (χ0v) is 25.8. The first-order chi connectivity index (χ1) is 21.4. The third-order valence-electron chi connectivity index (χ3n) is 6.67. The second kappa shape index (κ2) is 24.3. The van der Waals surface area contributed by atoms with Gasteiger partial charge in [-0.15, -0.1) is 0 Å². The van der Waals surface area contributed by atoms with Gasteiger partial charge >= 0.3 is 29.3 Å². The van der Waals surface area contributed by atoms with E-state index >= 15 is 0 Å². The van der Waals surface area contributed by atoms with Crippen LogP contribution < -0.4 is 27.7 Å². The third-order valence-corrected chi connectivity index (χ3v) is 6.67. The minimum Gasteiger partial charge on any atom is -0.445 e. The lowest BCUT2D eigenvalue weighted by atomic mass is 10.2. The number of nitrogens with one attached hydrogen (secondary N) is 2. The van der Waals surface area contributed by atoms with Crippen molar-refractivity contribution in [3.8, 4) is 0 Å². The van der Waals surface area contributed by atoms with E-state index in [-0.39, 0.29) is 32.8 Å². The number of rotatable bonds is 25. The van der Waals surface area contributed by atoms with Gasteiger partial charge in [-0.1, -0.05) is 63.8 Å². The first-order valence-corrected chi connectivity index (χ1v) is 15.4. The van der Waals surface area contributed by atoms with E-state index in [0.717, 1.165) is 52.2 Å². The smallest absolute Gasteiger partial charge is 0.407 e. The van der Waals surface area contributed by atoms with E-state index in [9.17, 15) is 28.8 Å². The van der Waals surface area contributed by atoms with Gasteiger partial charge in [-0.05, 0) is 38.5 Å². The molecule has 0 unspecified atom stereocenters. The van der Waals surface area contributed by atoms with Gasteiger partial charge in [0.25, 0.3) is 0 Å². The Morgan fingerprint density at radius 3 is 1.36 bits per heavy atom. The molecule has 1 aromatic heterocycles. The van der Waals surface area contributed by atoms with Gasteiger partial charge in [-0.3, -0.25) is 0 Å². The lowest BCUT2D eigenvalue weighted by molar-refractivity contribution is 0.157. The van der Waals surface area contributed by atoms with Gasteiger partial charge in [0.2, 0.25) is 6.08 Å². The average Bonchev–Trinajstić information content (AvgIpc) is 3.01. The number of hydrogen-bond donors (Lipinski definition) is 2. The molecular formula is C30H48N6O8. The monoisotopic (exact) mass is 620 g/mol. The summed E-state index contributed by atoms with van der Waals surface area (Å²) < 4.78 is 13.1. The normalized spacial score (nSPS) is 10.5. The number of carbonyl (C=O) groups is 2. The number of aliphatic imine (C=N–C) groups is 1. The Kier molecular flexibility index (Phi) is 20.9. The first-order valence-electron chi connectivity index (χ1n) is 15.4. The number of unbranched alkanes of at least 4 members (excludes halogenated alkanes) is 9. The molecule has 0 aliphatic carbocycles. The molecule has 2 N–H and O–H groups in total. The van der Waals surface area contributed by atoms with Gasteiger partial charge < -0.3 is 20.1 Å². The van der Waals surface area contributed by atoms with E-state index in [4.69, 9.17) is 9.47 Å². The molecular weight excluding hydrogens is 572 g/mol. The Balaban J connectivity index is 2.75. The molecule has 0 radical (unpaired) electrons. The zero-order valence-electron chi connectivity index (χ0n) is 25.8. The molecule has 14 heteroatoms. The van der Waals surface area contributed by atoms with Crippen LogP contribution in [-0.4, -0.2) is 64.8 Å². The first kappa shape index (κ1) is 37.8. The van der Waals surface area contributed by atoms with E-state index in [1.54, 1.807) is 0 Å². The molecule has 0 spiro atoms. The Labute approximate surface area is 257 Å². The summed E-state index contributed by atoms with van der Waals surface area (Å²) in [7, 11) is 0. The van der Waals surface area contributed by atoms with Crippen LogP contribution in [0.5, 0.6) is 0 Å². The largest absolute Gasteiger partial charge is 0.445 e. The number of amides is 2. The summed E-state index contributed by atoms with van der Waals surface area (Å²) in [5.74, 6) is 0. The third kappa shape index (κ3) is 15.9. The van der Waals surface area contributed by atoms with Crippen LogP contribution in [-0.2, 0) is 33.9 Å². The summed E-state index contributed by atoms with van der Waals surface area (Å²) >= 11 is 0. The van der Waals surface area contributed by atoms with Gasteiger partial charge in [-0.2, -0.15) is 0 Å². The quantitative estimate of drug-likeness (QED) is 0.0727. The Morgan fingerprint density at radius 1 is 0.636 bits per heavy atom. The highest BCUT2D eigenvalue weighted by Crippen LogP contribution is 2.03. The molecule has 0 bridgehead atoms. The Morgan fingerprint density at radius 2 is 1.00 bits per heavy atom. The summed E-state index contributed by atoms with van der Waals surface area (Å²) in [4.78, 5) is 76.3. The SMILES string of the molecule is C=CCOC(=O)NCCCCCCn1c(=O)n(CCCCCCN=C=O)c(=O)n(CCCCCCNC(=O)OCC=C)c1=O. The minimum atomic E-state index is -0.610. The summed E-state index contributed by atoms with van der Waals surface area (Å²) in [6.45, 7) is 9.10. The van der Waals surface area contributed by atoms with Crippen LogP contribution in [0, 0.1) is 0 Å². The Bertz CT molecular complexity index is 1170. The number of carbonyl (C=O) groups excluding carboxylic acids is 3. The molecule has 14 nitrogen and oxygen atoms in total. The van der Waals surface area contributed by atoms with Crippen molar-refractivity contribution in [3.05, 3.63) is 56.8 Å². The van der Waals surface area contributed by atoms with Crippen LogP contribution in [0.4, 0.5) is 9.59 Å². The van der Waals surface area contributed by atoms with Crippen molar-refractivity contribution in [2.24, 2.45) is 4.99 Å². The highest BCUT2D eigenvalue weighted by atomic mass is 16.6. The summed E-state index contributed by atoms with van der Waals surface area (Å²) in [5, 5.41) is 5.29. The van der Waals surface area contributed by atoms with Crippen LogP contribution in [0.2, 0.25) is 0 Å². The highest BCUT2D eigenvalue weighted by molar-refractivity contribution is 5.67. The number of alkyl carbamates (subject to hydrolysis) is 2. The second-order valence-corrected chi connectivity index (χ2v) is 10.1. The zero-order chi connectivity index (χ0) is 32.4. The summed E-state index contributed by atoms with van der Waals surface area (Å²) in [6, 6.07) is 0. The average molecular weight is 621 g/mol. The second-order valence-electron chi connectivity index (χ2n) is 10.1. The fourth-order valence-corrected chi connectivity index (χ4v) is 4.37. The van der Waals surface area contributed by atoms with Crippen molar-refractivity contribution in [1.82, 2.24) is 24.3 Å². The standard InChI is InChI=1S/C30H48N6O8/c1-3-23-43-26(38)32-18-12-6-9-15-21-35-28(40)34(20-14-8-5-11-17-31-25-37)29(41)36(30(35)42)22-16-10-7-13-19-33-27(39)44-24-4-2/h3-4H,1-2,5-24H2,(H,32,38)(H,33,39). The number of aromatic nitrogens is 3. The molecule has 2 amide bonds. The number of nitrogens with zero attached hydrogens (tertiary/aromatic N) is 4. The predicted octanol–water partition coefficient (Wildman–Crippen LogP) is 3.01. The van der Waals surface area contributed by atoms with Crippen LogP contribution in [0.25, 0.3) is 0 Å². The van der Waals surface area contributed by atoms with Crippen molar-refractivity contribution in [2.45, 2.75) is 96.7 Å². The summed E-state index contributed by atoms with van der Waals surface area (Å²) in [6.07, 6.45) is 11.8. The van der Waals surface area contributed by atoms with Crippen molar-refractivity contribution in [3.63, 3.8) is 0 Å². The van der Waals surface area contributed by atoms with E-state index in [1.807, 2.05) is 0 Å². The molecule has 1 heterocycles. The molecule has 1 aromatic rings. The predicted molar refractivity (Wildman–Crippen MR) is 167 cm³/mol. The maximum absolute atomic E-state index is 13.2. The molecule has 0 aliphatic rings. The van der Waals surface area contributed by atoms with Crippen molar-refractivity contribution in [1.29, 1.82) is 0 Å². The van der Waals surface area contributed by atoms with Gasteiger partial charge in [0.05, 0.1) is 6.54 Å². The lowest BCUT2D eigenvalue weighted by Crippen LogP contribution is -2.54. The van der Waals surface area contributed by atoms with Gasteiger partial charge in [0.1, 0.15) is 13.2 Å². The number of isocyanates is 1. The molecule has 0 fully saturated rings. The molecule has 0 aliphatic heterocycles. The van der Waals surface area contributed by atoms with E-state index in [2.05, 4.69) is 28.8 Å². The van der Waals surface area contributed by atoms with Gasteiger partial charge in [-0.25, -0.2) is 47.5 Å². The van der Waals surface area contributed by atoms with Crippen LogP contribution in [0.1, 0.15) is 77.0 Å². The van der Waals surface area contributed by atoms with Crippen LogP contribution in [0.3, 0.4) is 0 Å². The van der Waals surface area contributed by atoms with E-state index in [0.29, 0.717) is 58.2 Å². The van der Waals surface area contributed by atoms with Crippen molar-refractivity contribution in [2.75, 3.05) is 32.8 Å². The molecule has 0 saturated carbocycles. The van der Waals surface area contributed by atoms with Crippen molar-refractivity contribution >= 4 is 18.3 Å². The Hall–Kier alpha value is -4.19. The summed E-state index contributed by atoms with van der Waals surface area (Å²) in [5.41, 5.74) is -1.83. The maximum Gasteiger partial charge on any atom is 0.407 e. The minimum absolute atomic E-state index is 0.142.